The molecule has 1 aromatic carbocycles. The highest BCUT2D eigenvalue weighted by molar-refractivity contribution is 5.33. The first kappa shape index (κ1) is 11.2. The Hall–Kier alpha value is -0.860. The molecule has 3 N–H and O–H groups in total. The molecule has 2 heteroatoms. The molecule has 1 aromatic rings. The van der Waals surface area contributed by atoms with E-state index < -0.39 is 0 Å². The second kappa shape index (κ2) is 4.79. The van der Waals surface area contributed by atoms with Gasteiger partial charge in [0.05, 0.1) is 0 Å². The summed E-state index contributed by atoms with van der Waals surface area (Å²) in [7, 11) is 0. The normalized spacial score (nSPS) is 28.5. The van der Waals surface area contributed by atoms with Crippen LogP contribution in [-0.4, -0.2) is 18.6 Å². The summed E-state index contributed by atoms with van der Waals surface area (Å²) in [5, 5.41) is 3.85. The monoisotopic (exact) mass is 230 g/mol. The van der Waals surface area contributed by atoms with E-state index in [0.29, 0.717) is 18.0 Å². The second-order valence-electron chi connectivity index (χ2n) is 5.57. The zero-order valence-corrected chi connectivity index (χ0v) is 10.4. The van der Waals surface area contributed by atoms with E-state index in [4.69, 9.17) is 5.73 Å². The highest BCUT2D eigenvalue weighted by Gasteiger charge is 2.30. The molecule has 0 aromatic heterocycles. The van der Waals surface area contributed by atoms with Gasteiger partial charge in [0.25, 0.3) is 0 Å². The molecular weight excluding hydrogens is 208 g/mol. The van der Waals surface area contributed by atoms with E-state index in [9.17, 15) is 0 Å². The molecular formula is C15H22N2. The number of fused-ring (bicyclic) bond motifs is 1. The Morgan fingerprint density at radius 2 is 1.82 bits per heavy atom. The Kier molecular flexibility index (Phi) is 3.17. The van der Waals surface area contributed by atoms with Gasteiger partial charge in [0, 0.05) is 12.1 Å². The number of benzene rings is 1. The van der Waals surface area contributed by atoms with Crippen LogP contribution in [0.25, 0.3) is 0 Å². The minimum Gasteiger partial charge on any atom is -0.330 e. The van der Waals surface area contributed by atoms with E-state index in [1.165, 1.54) is 43.2 Å². The minimum absolute atomic E-state index is 0.643. The van der Waals surface area contributed by atoms with Gasteiger partial charge >= 0.3 is 0 Å². The summed E-state index contributed by atoms with van der Waals surface area (Å²) < 4.78 is 0. The predicted molar refractivity (Wildman–Crippen MR) is 71.0 cm³/mol. The Morgan fingerprint density at radius 3 is 2.47 bits per heavy atom. The average Bonchev–Trinajstić information content (AvgIpc) is 2.94. The molecule has 2 nitrogen and oxygen atoms in total. The SMILES string of the molecule is NCC1CCCC1NC1Cc2ccccc2C1. The first-order valence-corrected chi connectivity index (χ1v) is 6.89. The van der Waals surface area contributed by atoms with E-state index >= 15 is 0 Å². The lowest BCUT2D eigenvalue weighted by atomic mass is 10.0. The van der Waals surface area contributed by atoms with E-state index in [1.807, 2.05) is 0 Å². The van der Waals surface area contributed by atoms with Crippen LogP contribution in [0.5, 0.6) is 0 Å². The van der Waals surface area contributed by atoms with Gasteiger partial charge in [0.1, 0.15) is 0 Å². The minimum atomic E-state index is 0.643. The van der Waals surface area contributed by atoms with Crippen LogP contribution in [0.1, 0.15) is 30.4 Å². The zero-order chi connectivity index (χ0) is 11.7. The summed E-state index contributed by atoms with van der Waals surface area (Å²) in [4.78, 5) is 0. The van der Waals surface area contributed by atoms with Crippen molar-refractivity contribution >= 4 is 0 Å². The van der Waals surface area contributed by atoms with Gasteiger partial charge < -0.3 is 11.1 Å². The van der Waals surface area contributed by atoms with Crippen LogP contribution in [0.15, 0.2) is 24.3 Å². The molecule has 17 heavy (non-hydrogen) atoms. The van der Waals surface area contributed by atoms with Gasteiger partial charge in [0.2, 0.25) is 0 Å². The number of nitrogens with one attached hydrogen (secondary N) is 1. The molecule has 2 aliphatic carbocycles. The van der Waals surface area contributed by atoms with E-state index in [0.717, 1.165) is 6.54 Å². The number of rotatable bonds is 3. The van der Waals surface area contributed by atoms with Crippen LogP contribution in [0, 0.1) is 5.92 Å². The third-order valence-electron chi connectivity index (χ3n) is 4.46. The lowest BCUT2D eigenvalue weighted by Gasteiger charge is -2.23. The summed E-state index contributed by atoms with van der Waals surface area (Å²) in [6.07, 6.45) is 6.37. The van der Waals surface area contributed by atoms with Crippen molar-refractivity contribution < 1.29 is 0 Å². The summed E-state index contributed by atoms with van der Waals surface area (Å²) in [5.74, 6) is 0.707. The molecule has 2 unspecified atom stereocenters. The van der Waals surface area contributed by atoms with E-state index in [2.05, 4.69) is 29.6 Å². The number of hydrogen-bond donors (Lipinski definition) is 2. The summed E-state index contributed by atoms with van der Waals surface area (Å²) >= 11 is 0. The van der Waals surface area contributed by atoms with Gasteiger partial charge in [-0.1, -0.05) is 30.7 Å². The molecule has 1 saturated carbocycles. The maximum atomic E-state index is 5.84. The molecule has 1 fully saturated rings. The lowest BCUT2D eigenvalue weighted by molar-refractivity contribution is 0.363. The summed E-state index contributed by atoms with van der Waals surface area (Å²) in [6, 6.07) is 10.2. The molecule has 92 valence electrons. The fourth-order valence-electron chi connectivity index (χ4n) is 3.52. The average molecular weight is 230 g/mol. The smallest absolute Gasteiger partial charge is 0.0151 e. The fraction of sp³-hybridized carbons (Fsp3) is 0.600. The first-order valence-electron chi connectivity index (χ1n) is 6.89. The van der Waals surface area contributed by atoms with E-state index in [-0.39, 0.29) is 0 Å². The summed E-state index contributed by atoms with van der Waals surface area (Å²) in [5.41, 5.74) is 8.91. The molecule has 0 amide bonds. The van der Waals surface area contributed by atoms with Crippen LogP contribution in [0.3, 0.4) is 0 Å². The Balaban J connectivity index is 1.62. The van der Waals surface area contributed by atoms with Gasteiger partial charge in [-0.15, -0.1) is 0 Å². The lowest BCUT2D eigenvalue weighted by Crippen LogP contribution is -2.42. The molecule has 0 aliphatic heterocycles. The zero-order valence-electron chi connectivity index (χ0n) is 10.4. The summed E-state index contributed by atoms with van der Waals surface area (Å²) in [6.45, 7) is 0.845. The van der Waals surface area contributed by atoms with Gasteiger partial charge in [0.15, 0.2) is 0 Å². The Labute approximate surface area is 104 Å². The van der Waals surface area contributed by atoms with Crippen molar-refractivity contribution in [1.82, 2.24) is 5.32 Å². The van der Waals surface area contributed by atoms with Crippen molar-refractivity contribution in [3.63, 3.8) is 0 Å². The molecule has 3 rings (SSSR count). The fourth-order valence-corrected chi connectivity index (χ4v) is 3.52. The maximum Gasteiger partial charge on any atom is 0.0151 e. The van der Waals surface area contributed by atoms with Crippen molar-refractivity contribution in [3.05, 3.63) is 35.4 Å². The molecule has 0 heterocycles. The Morgan fingerprint density at radius 1 is 1.12 bits per heavy atom. The molecule has 2 atom stereocenters. The molecule has 0 saturated heterocycles. The van der Waals surface area contributed by atoms with Crippen molar-refractivity contribution in [2.45, 2.75) is 44.2 Å². The number of nitrogens with two attached hydrogens (primary N) is 1. The van der Waals surface area contributed by atoms with Gasteiger partial charge in [-0.2, -0.15) is 0 Å². The van der Waals surface area contributed by atoms with Gasteiger partial charge in [-0.05, 0) is 49.3 Å². The highest BCUT2D eigenvalue weighted by Crippen LogP contribution is 2.28. The van der Waals surface area contributed by atoms with Crippen molar-refractivity contribution in [2.24, 2.45) is 11.7 Å². The van der Waals surface area contributed by atoms with Crippen LogP contribution in [0.2, 0.25) is 0 Å². The second-order valence-corrected chi connectivity index (χ2v) is 5.57. The largest absolute Gasteiger partial charge is 0.330 e. The van der Waals surface area contributed by atoms with Gasteiger partial charge in [-0.3, -0.25) is 0 Å². The van der Waals surface area contributed by atoms with Crippen LogP contribution in [-0.2, 0) is 12.8 Å². The maximum absolute atomic E-state index is 5.84. The molecule has 0 spiro atoms. The highest BCUT2D eigenvalue weighted by atomic mass is 15.0. The Bertz CT molecular complexity index is 363. The first-order chi connectivity index (χ1) is 8.36. The van der Waals surface area contributed by atoms with Crippen molar-refractivity contribution in [3.8, 4) is 0 Å². The van der Waals surface area contributed by atoms with Crippen molar-refractivity contribution in [1.29, 1.82) is 0 Å². The molecule has 2 aliphatic rings. The quantitative estimate of drug-likeness (QED) is 0.832. The van der Waals surface area contributed by atoms with E-state index in [1.54, 1.807) is 0 Å². The van der Waals surface area contributed by atoms with Crippen LogP contribution >= 0.6 is 0 Å². The van der Waals surface area contributed by atoms with Crippen LogP contribution in [0.4, 0.5) is 0 Å². The standard InChI is InChI=1S/C15H22N2/c16-10-13-6-3-7-15(13)17-14-8-11-4-1-2-5-12(11)9-14/h1-2,4-5,13-15,17H,3,6-10,16H2. The number of hydrogen-bond acceptors (Lipinski definition) is 2. The third kappa shape index (κ3) is 2.24. The van der Waals surface area contributed by atoms with Gasteiger partial charge in [-0.25, -0.2) is 0 Å². The van der Waals surface area contributed by atoms with Crippen molar-refractivity contribution in [2.75, 3.05) is 6.54 Å². The third-order valence-corrected chi connectivity index (χ3v) is 4.46. The topological polar surface area (TPSA) is 38.0 Å². The van der Waals surface area contributed by atoms with Crippen LogP contribution < -0.4 is 11.1 Å². The molecule has 0 radical (unpaired) electrons. The predicted octanol–water partition coefficient (Wildman–Crippen LogP) is 1.87. The molecule has 0 bridgehead atoms.